The Hall–Kier alpha value is -0.920. The smallest absolute Gasteiger partial charge is 0.193 e. The number of guanidine groups is 1. The molecule has 0 saturated carbocycles. The Morgan fingerprint density at radius 1 is 1.24 bits per heavy atom. The predicted molar refractivity (Wildman–Crippen MR) is 92.3 cm³/mol. The van der Waals surface area contributed by atoms with Crippen molar-refractivity contribution in [2.45, 2.75) is 26.2 Å². The Kier molecular flexibility index (Phi) is 7.92. The molecule has 118 valence electrons. The van der Waals surface area contributed by atoms with Gasteiger partial charge in [-0.05, 0) is 38.3 Å². The molecule has 3 nitrogen and oxygen atoms in total. The maximum Gasteiger partial charge on any atom is 0.193 e. The number of nitrogens with one attached hydrogen (secondary N) is 1. The van der Waals surface area contributed by atoms with E-state index in [1.807, 2.05) is 6.92 Å². The molecule has 0 bridgehead atoms. The van der Waals surface area contributed by atoms with Gasteiger partial charge in [0.25, 0.3) is 0 Å². The number of rotatable bonds is 4. The molecular weight excluding hydrogens is 387 g/mol. The van der Waals surface area contributed by atoms with Crippen molar-refractivity contribution in [3.8, 4) is 0 Å². The molecule has 21 heavy (non-hydrogen) atoms. The molecule has 2 rings (SSSR count). The summed E-state index contributed by atoms with van der Waals surface area (Å²) in [4.78, 5) is 6.67. The van der Waals surface area contributed by atoms with Crippen molar-refractivity contribution < 1.29 is 8.78 Å². The standard InChI is InChI=1S/C15H21F2N3.HI/c1-2-18-15(20-10-3-4-11-20)19-9-8-12-13(16)6-5-7-14(12)17;/h5-7H,2-4,8-11H2,1H3,(H,18,19);1H. The molecule has 1 aromatic rings. The number of benzene rings is 1. The van der Waals surface area contributed by atoms with Crippen LogP contribution in [0.4, 0.5) is 8.78 Å². The molecule has 0 unspecified atom stereocenters. The summed E-state index contributed by atoms with van der Waals surface area (Å²) in [6.45, 7) is 5.20. The molecular formula is C15H22F2IN3. The second-order valence-electron chi connectivity index (χ2n) is 4.88. The summed E-state index contributed by atoms with van der Waals surface area (Å²) in [6.07, 6.45) is 2.62. The van der Waals surface area contributed by atoms with Gasteiger partial charge in [0.2, 0.25) is 0 Å². The first-order chi connectivity index (χ1) is 9.72. The monoisotopic (exact) mass is 409 g/mol. The molecule has 1 aromatic carbocycles. The van der Waals surface area contributed by atoms with Gasteiger partial charge in [-0.25, -0.2) is 8.78 Å². The summed E-state index contributed by atoms with van der Waals surface area (Å²) in [5, 5.41) is 3.23. The summed E-state index contributed by atoms with van der Waals surface area (Å²) in [5.41, 5.74) is 0.119. The van der Waals surface area contributed by atoms with Gasteiger partial charge in [0.1, 0.15) is 11.6 Å². The van der Waals surface area contributed by atoms with Crippen LogP contribution in [0.3, 0.4) is 0 Å². The van der Waals surface area contributed by atoms with Gasteiger partial charge in [-0.15, -0.1) is 24.0 Å². The molecule has 0 radical (unpaired) electrons. The minimum absolute atomic E-state index is 0. The van der Waals surface area contributed by atoms with E-state index < -0.39 is 11.6 Å². The highest BCUT2D eigenvalue weighted by atomic mass is 127. The highest BCUT2D eigenvalue weighted by Crippen LogP contribution is 2.13. The number of nitrogens with zero attached hydrogens (tertiary/aromatic N) is 2. The van der Waals surface area contributed by atoms with Crippen LogP contribution in [-0.2, 0) is 6.42 Å². The molecule has 1 fully saturated rings. The summed E-state index contributed by atoms with van der Waals surface area (Å²) >= 11 is 0. The molecule has 1 heterocycles. The zero-order chi connectivity index (χ0) is 14.4. The lowest BCUT2D eigenvalue weighted by Gasteiger charge is -2.20. The van der Waals surface area contributed by atoms with Crippen LogP contribution >= 0.6 is 24.0 Å². The van der Waals surface area contributed by atoms with E-state index in [4.69, 9.17) is 0 Å². The number of halogens is 3. The van der Waals surface area contributed by atoms with Gasteiger partial charge in [-0.2, -0.15) is 0 Å². The van der Waals surface area contributed by atoms with E-state index in [1.165, 1.54) is 31.0 Å². The van der Waals surface area contributed by atoms with Crippen molar-refractivity contribution in [1.82, 2.24) is 10.2 Å². The third kappa shape index (κ3) is 5.09. The zero-order valence-corrected chi connectivity index (χ0v) is 14.6. The average Bonchev–Trinajstić information content (AvgIpc) is 2.95. The fourth-order valence-corrected chi connectivity index (χ4v) is 2.40. The van der Waals surface area contributed by atoms with Gasteiger partial charge < -0.3 is 10.2 Å². The fraction of sp³-hybridized carbons (Fsp3) is 0.533. The van der Waals surface area contributed by atoms with E-state index in [9.17, 15) is 8.78 Å². The lowest BCUT2D eigenvalue weighted by molar-refractivity contribution is 0.493. The summed E-state index contributed by atoms with van der Waals surface area (Å²) in [7, 11) is 0. The SMILES string of the molecule is CCNC(=NCCc1c(F)cccc1F)N1CCCC1.I. The third-order valence-corrected chi connectivity index (χ3v) is 3.43. The van der Waals surface area contributed by atoms with E-state index >= 15 is 0 Å². The van der Waals surface area contributed by atoms with Gasteiger partial charge in [0, 0.05) is 31.7 Å². The Morgan fingerprint density at radius 3 is 2.43 bits per heavy atom. The summed E-state index contributed by atoms with van der Waals surface area (Å²) in [6, 6.07) is 3.95. The fourth-order valence-electron chi connectivity index (χ4n) is 2.40. The first kappa shape index (κ1) is 18.1. The van der Waals surface area contributed by atoms with Crippen LogP contribution in [0, 0.1) is 11.6 Å². The van der Waals surface area contributed by atoms with Crippen molar-refractivity contribution in [3.05, 3.63) is 35.4 Å². The second-order valence-corrected chi connectivity index (χ2v) is 4.88. The van der Waals surface area contributed by atoms with Gasteiger partial charge in [0.05, 0.1) is 0 Å². The maximum atomic E-state index is 13.5. The molecule has 0 aliphatic carbocycles. The third-order valence-electron chi connectivity index (χ3n) is 3.43. The van der Waals surface area contributed by atoms with Gasteiger partial charge >= 0.3 is 0 Å². The molecule has 1 saturated heterocycles. The van der Waals surface area contributed by atoms with Crippen LogP contribution in [0.1, 0.15) is 25.3 Å². The van der Waals surface area contributed by atoms with Crippen LogP contribution < -0.4 is 5.32 Å². The number of likely N-dealkylation sites (tertiary alicyclic amines) is 1. The van der Waals surface area contributed by atoms with E-state index in [2.05, 4.69) is 15.2 Å². The minimum atomic E-state index is -0.494. The lowest BCUT2D eigenvalue weighted by Crippen LogP contribution is -2.39. The quantitative estimate of drug-likeness (QED) is 0.470. The van der Waals surface area contributed by atoms with Crippen LogP contribution in [-0.4, -0.2) is 37.0 Å². The van der Waals surface area contributed by atoms with E-state index in [0.717, 1.165) is 25.6 Å². The first-order valence-corrected chi connectivity index (χ1v) is 7.18. The van der Waals surface area contributed by atoms with Gasteiger partial charge in [-0.3, -0.25) is 4.99 Å². The second kappa shape index (κ2) is 9.17. The van der Waals surface area contributed by atoms with Crippen LogP contribution in [0.15, 0.2) is 23.2 Å². The summed E-state index contributed by atoms with van der Waals surface area (Å²) < 4.78 is 27.0. The molecule has 1 aliphatic rings. The Bertz CT molecular complexity index is 454. The zero-order valence-electron chi connectivity index (χ0n) is 12.2. The number of aliphatic imine (C=N–C) groups is 1. The molecule has 1 N–H and O–H groups in total. The minimum Gasteiger partial charge on any atom is -0.357 e. The topological polar surface area (TPSA) is 27.6 Å². The molecule has 0 amide bonds. The van der Waals surface area contributed by atoms with Crippen molar-refractivity contribution in [2.24, 2.45) is 4.99 Å². The summed E-state index contributed by atoms with van der Waals surface area (Å²) in [5.74, 6) is -0.139. The molecule has 0 aromatic heterocycles. The van der Waals surface area contributed by atoms with Crippen molar-refractivity contribution in [3.63, 3.8) is 0 Å². The van der Waals surface area contributed by atoms with Crippen molar-refractivity contribution >= 4 is 29.9 Å². The lowest BCUT2D eigenvalue weighted by atomic mass is 10.1. The van der Waals surface area contributed by atoms with Crippen molar-refractivity contribution in [2.75, 3.05) is 26.2 Å². The normalized spacial score (nSPS) is 15.0. The Morgan fingerprint density at radius 2 is 1.86 bits per heavy atom. The number of hydrogen-bond acceptors (Lipinski definition) is 1. The number of hydrogen-bond donors (Lipinski definition) is 1. The molecule has 0 spiro atoms. The average molecular weight is 409 g/mol. The Labute approximate surface area is 141 Å². The van der Waals surface area contributed by atoms with E-state index in [-0.39, 0.29) is 36.0 Å². The van der Waals surface area contributed by atoms with Crippen LogP contribution in [0.2, 0.25) is 0 Å². The predicted octanol–water partition coefficient (Wildman–Crippen LogP) is 3.19. The molecule has 0 atom stereocenters. The van der Waals surface area contributed by atoms with Crippen molar-refractivity contribution in [1.29, 1.82) is 0 Å². The van der Waals surface area contributed by atoms with Crippen LogP contribution in [0.5, 0.6) is 0 Å². The Balaban J connectivity index is 0.00000220. The van der Waals surface area contributed by atoms with E-state index in [1.54, 1.807) is 0 Å². The van der Waals surface area contributed by atoms with Crippen LogP contribution in [0.25, 0.3) is 0 Å². The molecule has 6 heteroatoms. The first-order valence-electron chi connectivity index (χ1n) is 7.18. The van der Waals surface area contributed by atoms with E-state index in [0.29, 0.717) is 6.54 Å². The maximum absolute atomic E-state index is 13.5. The van der Waals surface area contributed by atoms with Gasteiger partial charge in [0.15, 0.2) is 5.96 Å². The molecule has 1 aliphatic heterocycles. The van der Waals surface area contributed by atoms with Gasteiger partial charge in [-0.1, -0.05) is 6.07 Å². The largest absolute Gasteiger partial charge is 0.357 e. The highest BCUT2D eigenvalue weighted by Gasteiger charge is 2.15. The highest BCUT2D eigenvalue weighted by molar-refractivity contribution is 14.0.